The van der Waals surface area contributed by atoms with E-state index in [2.05, 4.69) is 5.32 Å². The Hall–Kier alpha value is -1.89. The molecule has 0 atom stereocenters. The highest BCUT2D eigenvalue weighted by atomic mass is 35.5. The van der Waals surface area contributed by atoms with Crippen LogP contribution in [-0.4, -0.2) is 31.4 Å². The van der Waals surface area contributed by atoms with Crippen molar-refractivity contribution >= 4 is 33.2 Å². The number of sulfonamides is 1. The van der Waals surface area contributed by atoms with Crippen molar-refractivity contribution in [2.75, 3.05) is 18.1 Å². The number of carbonyl (C=O) groups is 1. The standard InChI is InChI=1S/C18H21ClN2O3S/c1-14-6-8-15(9-7-14)13-21(25(2,23)24)11-10-18(22)20-17-5-3-4-16(19)12-17/h3-9,12H,10-11,13H2,1-2H3,(H,20,22). The first-order valence-electron chi connectivity index (χ1n) is 7.80. The molecule has 0 saturated heterocycles. The molecule has 0 aliphatic rings. The van der Waals surface area contributed by atoms with E-state index in [-0.39, 0.29) is 25.4 Å². The average molecular weight is 381 g/mol. The van der Waals surface area contributed by atoms with E-state index in [4.69, 9.17) is 11.6 Å². The monoisotopic (exact) mass is 380 g/mol. The third kappa shape index (κ3) is 6.49. The fourth-order valence-corrected chi connectivity index (χ4v) is 3.27. The number of hydrogen-bond donors (Lipinski definition) is 1. The summed E-state index contributed by atoms with van der Waals surface area (Å²) in [7, 11) is -3.42. The summed E-state index contributed by atoms with van der Waals surface area (Å²) in [4.78, 5) is 12.1. The van der Waals surface area contributed by atoms with Crippen LogP contribution in [0.3, 0.4) is 0 Å². The van der Waals surface area contributed by atoms with Crippen LogP contribution in [0.4, 0.5) is 5.69 Å². The second kappa shape index (κ2) is 8.47. The second-order valence-corrected chi connectivity index (χ2v) is 8.31. The van der Waals surface area contributed by atoms with Crippen molar-refractivity contribution in [3.05, 3.63) is 64.7 Å². The van der Waals surface area contributed by atoms with Gasteiger partial charge in [0.05, 0.1) is 6.26 Å². The van der Waals surface area contributed by atoms with Gasteiger partial charge in [-0.1, -0.05) is 47.5 Å². The third-order valence-electron chi connectivity index (χ3n) is 3.65. The number of anilines is 1. The van der Waals surface area contributed by atoms with Gasteiger partial charge in [0.25, 0.3) is 0 Å². The summed E-state index contributed by atoms with van der Waals surface area (Å²) in [6.45, 7) is 2.32. The first-order valence-corrected chi connectivity index (χ1v) is 10.0. The molecule has 5 nitrogen and oxygen atoms in total. The van der Waals surface area contributed by atoms with Gasteiger partial charge in [-0.25, -0.2) is 8.42 Å². The van der Waals surface area contributed by atoms with E-state index in [1.807, 2.05) is 31.2 Å². The van der Waals surface area contributed by atoms with Crippen molar-refractivity contribution in [2.24, 2.45) is 0 Å². The summed E-state index contributed by atoms with van der Waals surface area (Å²) in [5.74, 6) is -0.264. The van der Waals surface area contributed by atoms with E-state index in [1.54, 1.807) is 24.3 Å². The van der Waals surface area contributed by atoms with Crippen molar-refractivity contribution in [1.29, 1.82) is 0 Å². The first kappa shape index (κ1) is 19.4. The number of aryl methyl sites for hydroxylation is 1. The Morgan fingerprint density at radius 1 is 1.16 bits per heavy atom. The fraction of sp³-hybridized carbons (Fsp3) is 0.278. The third-order valence-corrected chi connectivity index (χ3v) is 5.13. The maximum Gasteiger partial charge on any atom is 0.225 e. The molecule has 0 fully saturated rings. The minimum Gasteiger partial charge on any atom is -0.326 e. The quantitative estimate of drug-likeness (QED) is 0.800. The predicted octanol–water partition coefficient (Wildman–Crippen LogP) is 3.44. The highest BCUT2D eigenvalue weighted by Crippen LogP contribution is 2.15. The molecule has 1 N–H and O–H groups in total. The molecule has 0 aliphatic heterocycles. The lowest BCUT2D eigenvalue weighted by atomic mass is 10.1. The highest BCUT2D eigenvalue weighted by molar-refractivity contribution is 7.88. The molecule has 0 bridgehead atoms. The fourth-order valence-electron chi connectivity index (χ4n) is 2.28. The minimum atomic E-state index is -3.42. The lowest BCUT2D eigenvalue weighted by Crippen LogP contribution is -2.32. The Kier molecular flexibility index (Phi) is 6.58. The molecule has 0 heterocycles. The number of nitrogens with zero attached hydrogens (tertiary/aromatic N) is 1. The Morgan fingerprint density at radius 3 is 2.44 bits per heavy atom. The van der Waals surface area contributed by atoms with Gasteiger partial charge in [0.2, 0.25) is 15.9 Å². The Balaban J connectivity index is 1.98. The molecule has 0 radical (unpaired) electrons. The van der Waals surface area contributed by atoms with Crippen LogP contribution in [0.25, 0.3) is 0 Å². The lowest BCUT2D eigenvalue weighted by Gasteiger charge is -2.20. The molecule has 134 valence electrons. The van der Waals surface area contributed by atoms with E-state index < -0.39 is 10.0 Å². The van der Waals surface area contributed by atoms with Crippen molar-refractivity contribution in [3.63, 3.8) is 0 Å². The number of amides is 1. The van der Waals surface area contributed by atoms with Crippen LogP contribution in [0.15, 0.2) is 48.5 Å². The Bertz CT molecular complexity index is 836. The summed E-state index contributed by atoms with van der Waals surface area (Å²) in [6.07, 6.45) is 1.21. The zero-order chi connectivity index (χ0) is 18.4. The molecule has 1 amide bonds. The van der Waals surface area contributed by atoms with Gasteiger partial charge in [-0.05, 0) is 30.7 Å². The van der Waals surface area contributed by atoms with Crippen LogP contribution in [0.2, 0.25) is 5.02 Å². The molecule has 7 heteroatoms. The van der Waals surface area contributed by atoms with E-state index in [1.165, 1.54) is 4.31 Å². The molecule has 0 aliphatic carbocycles. The number of carbonyl (C=O) groups excluding carboxylic acids is 1. The smallest absolute Gasteiger partial charge is 0.225 e. The van der Waals surface area contributed by atoms with E-state index in [9.17, 15) is 13.2 Å². The molecule has 0 aromatic heterocycles. The maximum atomic E-state index is 12.1. The Morgan fingerprint density at radius 2 is 1.84 bits per heavy atom. The Labute approximate surface area is 153 Å². The van der Waals surface area contributed by atoms with Crippen LogP contribution >= 0.6 is 11.6 Å². The summed E-state index contributed by atoms with van der Waals surface area (Å²) in [5.41, 5.74) is 2.57. The van der Waals surface area contributed by atoms with Gasteiger partial charge >= 0.3 is 0 Å². The molecular weight excluding hydrogens is 360 g/mol. The lowest BCUT2D eigenvalue weighted by molar-refractivity contribution is -0.116. The highest BCUT2D eigenvalue weighted by Gasteiger charge is 2.18. The van der Waals surface area contributed by atoms with Gasteiger partial charge in [0, 0.05) is 30.2 Å². The number of nitrogens with one attached hydrogen (secondary N) is 1. The summed E-state index contributed by atoms with van der Waals surface area (Å²) >= 11 is 5.88. The van der Waals surface area contributed by atoms with Gasteiger partial charge in [-0.15, -0.1) is 0 Å². The van der Waals surface area contributed by atoms with Gasteiger partial charge in [0.1, 0.15) is 0 Å². The molecule has 25 heavy (non-hydrogen) atoms. The molecule has 0 spiro atoms. The molecule has 2 aromatic rings. The SMILES string of the molecule is Cc1ccc(CN(CCC(=O)Nc2cccc(Cl)c2)S(C)(=O)=O)cc1. The number of benzene rings is 2. The molecular formula is C18H21ClN2O3S. The van der Waals surface area contributed by atoms with Crippen LogP contribution < -0.4 is 5.32 Å². The van der Waals surface area contributed by atoms with Gasteiger partial charge < -0.3 is 5.32 Å². The van der Waals surface area contributed by atoms with Gasteiger partial charge in [0.15, 0.2) is 0 Å². The largest absolute Gasteiger partial charge is 0.326 e. The van der Waals surface area contributed by atoms with Crippen molar-refractivity contribution in [2.45, 2.75) is 19.9 Å². The normalized spacial score (nSPS) is 11.5. The van der Waals surface area contributed by atoms with Crippen molar-refractivity contribution in [3.8, 4) is 0 Å². The zero-order valence-electron chi connectivity index (χ0n) is 14.2. The zero-order valence-corrected chi connectivity index (χ0v) is 15.8. The average Bonchev–Trinajstić information content (AvgIpc) is 2.52. The van der Waals surface area contributed by atoms with Crippen LogP contribution in [0, 0.1) is 6.92 Å². The predicted molar refractivity (Wildman–Crippen MR) is 101 cm³/mol. The van der Waals surface area contributed by atoms with E-state index in [0.29, 0.717) is 10.7 Å². The van der Waals surface area contributed by atoms with E-state index in [0.717, 1.165) is 17.4 Å². The molecule has 2 rings (SSSR count). The first-order chi connectivity index (χ1) is 11.7. The van der Waals surface area contributed by atoms with Gasteiger partial charge in [-0.3, -0.25) is 4.79 Å². The topological polar surface area (TPSA) is 66.5 Å². The summed E-state index contributed by atoms with van der Waals surface area (Å²) in [6, 6.07) is 14.5. The summed E-state index contributed by atoms with van der Waals surface area (Å²) in [5, 5.41) is 3.24. The molecule has 0 saturated carbocycles. The van der Waals surface area contributed by atoms with Crippen LogP contribution in [-0.2, 0) is 21.4 Å². The second-order valence-electron chi connectivity index (χ2n) is 5.89. The van der Waals surface area contributed by atoms with Gasteiger partial charge in [-0.2, -0.15) is 4.31 Å². The summed E-state index contributed by atoms with van der Waals surface area (Å²) < 4.78 is 25.3. The molecule has 2 aromatic carbocycles. The van der Waals surface area contributed by atoms with Crippen LogP contribution in [0.5, 0.6) is 0 Å². The number of hydrogen-bond acceptors (Lipinski definition) is 3. The maximum absolute atomic E-state index is 12.1. The number of halogens is 1. The van der Waals surface area contributed by atoms with Crippen molar-refractivity contribution < 1.29 is 13.2 Å². The van der Waals surface area contributed by atoms with Crippen molar-refractivity contribution in [1.82, 2.24) is 4.31 Å². The number of rotatable bonds is 7. The van der Waals surface area contributed by atoms with Crippen LogP contribution in [0.1, 0.15) is 17.5 Å². The minimum absolute atomic E-state index is 0.0610. The van der Waals surface area contributed by atoms with E-state index >= 15 is 0 Å². The molecule has 0 unspecified atom stereocenters.